The summed E-state index contributed by atoms with van der Waals surface area (Å²) in [6, 6.07) is 1.70. The Bertz CT molecular complexity index is 562. The van der Waals surface area contributed by atoms with Gasteiger partial charge >= 0.3 is 5.97 Å². The highest BCUT2D eigenvalue weighted by Crippen LogP contribution is 2.23. The first-order valence-corrected chi connectivity index (χ1v) is 4.55. The Labute approximate surface area is 90.1 Å². The molecule has 0 aliphatic carbocycles. The molecule has 2 aromatic heterocycles. The summed E-state index contributed by atoms with van der Waals surface area (Å²) < 4.78 is 1.47. The lowest BCUT2D eigenvalue weighted by Gasteiger charge is -1.99. The third kappa shape index (κ3) is 1.41. The smallest absolute Gasteiger partial charge is 0.358 e. The molecule has 2 rings (SSSR count). The van der Waals surface area contributed by atoms with E-state index in [1.54, 1.807) is 12.3 Å². The van der Waals surface area contributed by atoms with E-state index < -0.39 is 5.97 Å². The fourth-order valence-corrected chi connectivity index (χ4v) is 1.71. The van der Waals surface area contributed by atoms with Gasteiger partial charge in [-0.3, -0.25) is 4.40 Å². The molecule has 6 heteroatoms. The number of nitrogens with two attached hydrogens (primary N) is 1. The molecule has 3 N–H and O–H groups in total. The molecule has 15 heavy (non-hydrogen) atoms. The van der Waals surface area contributed by atoms with Gasteiger partial charge in [-0.2, -0.15) is 0 Å². The minimum absolute atomic E-state index is 0.0862. The van der Waals surface area contributed by atoms with E-state index in [2.05, 4.69) is 4.98 Å². The summed E-state index contributed by atoms with van der Waals surface area (Å²) in [6.45, 7) is 1.84. The molecule has 0 fully saturated rings. The number of anilines is 1. The number of halogens is 1. The number of carboxylic acids is 1. The van der Waals surface area contributed by atoms with Crippen molar-refractivity contribution in [3.05, 3.63) is 28.5 Å². The van der Waals surface area contributed by atoms with E-state index in [0.29, 0.717) is 10.7 Å². The Hall–Kier alpha value is -1.75. The highest BCUT2D eigenvalue weighted by atomic mass is 35.5. The number of aromatic carboxylic acids is 1. The van der Waals surface area contributed by atoms with Gasteiger partial charge in [0.05, 0.1) is 5.02 Å². The van der Waals surface area contributed by atoms with Crippen molar-refractivity contribution in [1.29, 1.82) is 0 Å². The first-order valence-electron chi connectivity index (χ1n) is 4.17. The highest BCUT2D eigenvalue weighted by Gasteiger charge is 2.17. The van der Waals surface area contributed by atoms with E-state index in [4.69, 9.17) is 22.4 Å². The van der Waals surface area contributed by atoms with E-state index in [1.165, 1.54) is 4.40 Å². The number of nitrogen functional groups attached to an aromatic ring is 1. The van der Waals surface area contributed by atoms with Gasteiger partial charge in [-0.25, -0.2) is 9.78 Å². The molecular formula is C9H8ClN3O2. The van der Waals surface area contributed by atoms with Crippen molar-refractivity contribution >= 4 is 29.0 Å². The van der Waals surface area contributed by atoms with Crippen LogP contribution in [-0.4, -0.2) is 20.5 Å². The molecule has 0 saturated carbocycles. The van der Waals surface area contributed by atoms with Crippen LogP contribution >= 0.6 is 11.6 Å². The lowest BCUT2D eigenvalue weighted by atomic mass is 10.3. The van der Waals surface area contributed by atoms with Gasteiger partial charge in [-0.05, 0) is 18.6 Å². The third-order valence-corrected chi connectivity index (χ3v) is 2.33. The molecule has 78 valence electrons. The summed E-state index contributed by atoms with van der Waals surface area (Å²) in [5, 5.41) is 9.21. The molecule has 0 unspecified atom stereocenters. The van der Waals surface area contributed by atoms with Gasteiger partial charge in [-0.15, -0.1) is 0 Å². The zero-order chi connectivity index (χ0) is 11.2. The summed E-state index contributed by atoms with van der Waals surface area (Å²) in [4.78, 5) is 14.6. The Morgan fingerprint density at radius 1 is 1.67 bits per heavy atom. The molecule has 0 atom stereocenters. The number of aryl methyl sites for hydroxylation is 1. The fraction of sp³-hybridized carbons (Fsp3) is 0.111. The van der Waals surface area contributed by atoms with Crippen LogP contribution in [0.25, 0.3) is 5.65 Å². The van der Waals surface area contributed by atoms with Crippen molar-refractivity contribution in [1.82, 2.24) is 9.38 Å². The molecule has 5 nitrogen and oxygen atoms in total. The summed E-state index contributed by atoms with van der Waals surface area (Å²) in [5.74, 6) is -1.08. The van der Waals surface area contributed by atoms with E-state index in [9.17, 15) is 4.79 Å². The van der Waals surface area contributed by atoms with Crippen molar-refractivity contribution in [3.8, 4) is 0 Å². The average molecular weight is 226 g/mol. The lowest BCUT2D eigenvalue weighted by molar-refractivity contribution is 0.0692. The largest absolute Gasteiger partial charge is 0.476 e. The van der Waals surface area contributed by atoms with E-state index in [0.717, 1.165) is 5.56 Å². The van der Waals surface area contributed by atoms with Gasteiger partial charge in [0, 0.05) is 6.20 Å². The molecule has 0 radical (unpaired) electrons. The first kappa shape index (κ1) is 9.79. The highest BCUT2D eigenvalue weighted by molar-refractivity contribution is 6.33. The van der Waals surface area contributed by atoms with Crippen LogP contribution in [0, 0.1) is 6.92 Å². The van der Waals surface area contributed by atoms with Crippen molar-refractivity contribution < 1.29 is 9.90 Å². The van der Waals surface area contributed by atoms with Crippen molar-refractivity contribution in [3.63, 3.8) is 0 Å². The van der Waals surface area contributed by atoms with Crippen LogP contribution in [0.1, 0.15) is 16.1 Å². The van der Waals surface area contributed by atoms with Crippen LogP contribution in [0.3, 0.4) is 0 Å². The van der Waals surface area contributed by atoms with Crippen LogP contribution in [-0.2, 0) is 0 Å². The van der Waals surface area contributed by atoms with E-state index in [1.807, 2.05) is 6.92 Å². The van der Waals surface area contributed by atoms with Crippen LogP contribution in [0.5, 0.6) is 0 Å². The normalized spacial score (nSPS) is 10.8. The van der Waals surface area contributed by atoms with Crippen molar-refractivity contribution in [2.75, 3.05) is 5.73 Å². The number of imidazole rings is 1. The zero-order valence-electron chi connectivity index (χ0n) is 7.86. The molecular weight excluding hydrogens is 218 g/mol. The summed E-state index contributed by atoms with van der Waals surface area (Å²) >= 11 is 5.92. The maximum atomic E-state index is 10.8. The standard InChI is InChI=1S/C9H8ClN3O2/c1-4-2-5(10)8-12-6(9(14)15)7(11)13(8)3-4/h2-3H,11H2,1H3,(H,14,15). The number of rotatable bonds is 1. The summed E-state index contributed by atoms with van der Waals surface area (Å²) in [7, 11) is 0. The monoisotopic (exact) mass is 225 g/mol. The average Bonchev–Trinajstić information content (AvgIpc) is 2.44. The van der Waals surface area contributed by atoms with Crippen LogP contribution < -0.4 is 5.73 Å². The van der Waals surface area contributed by atoms with Crippen LogP contribution in [0.15, 0.2) is 12.3 Å². The molecule has 2 aromatic rings. The topological polar surface area (TPSA) is 80.6 Å². The van der Waals surface area contributed by atoms with Gasteiger partial charge in [0.2, 0.25) is 0 Å². The van der Waals surface area contributed by atoms with Crippen LogP contribution in [0.4, 0.5) is 5.82 Å². The van der Waals surface area contributed by atoms with Crippen LogP contribution in [0.2, 0.25) is 5.02 Å². The molecule has 0 saturated heterocycles. The number of hydrogen-bond acceptors (Lipinski definition) is 3. The Morgan fingerprint density at radius 3 is 2.93 bits per heavy atom. The number of pyridine rings is 1. The molecule has 0 aliphatic heterocycles. The number of fused-ring (bicyclic) bond motifs is 1. The molecule has 0 aliphatic rings. The van der Waals surface area contributed by atoms with Gasteiger partial charge in [-0.1, -0.05) is 11.6 Å². The Balaban J connectivity index is 2.88. The second-order valence-electron chi connectivity index (χ2n) is 3.21. The fourth-order valence-electron chi connectivity index (χ4n) is 1.41. The van der Waals surface area contributed by atoms with Gasteiger partial charge in [0.1, 0.15) is 5.82 Å². The minimum atomic E-state index is -1.16. The maximum Gasteiger partial charge on any atom is 0.358 e. The first-order chi connectivity index (χ1) is 7.00. The van der Waals surface area contributed by atoms with E-state index in [-0.39, 0.29) is 11.5 Å². The number of aromatic nitrogens is 2. The second-order valence-corrected chi connectivity index (χ2v) is 3.62. The number of carboxylic acid groups (broad SMARTS) is 1. The SMILES string of the molecule is Cc1cc(Cl)c2nc(C(=O)O)c(N)n2c1. The van der Waals surface area contributed by atoms with Gasteiger partial charge < -0.3 is 10.8 Å². The zero-order valence-corrected chi connectivity index (χ0v) is 8.62. The quantitative estimate of drug-likeness (QED) is 0.772. The summed E-state index contributed by atoms with van der Waals surface area (Å²) in [6.07, 6.45) is 1.69. The molecule has 0 bridgehead atoms. The number of hydrogen-bond donors (Lipinski definition) is 2. The Kier molecular flexibility index (Phi) is 2.04. The molecule has 0 aromatic carbocycles. The summed E-state index contributed by atoms with van der Waals surface area (Å²) in [5.41, 5.74) is 6.70. The Morgan fingerprint density at radius 2 is 2.33 bits per heavy atom. The van der Waals surface area contributed by atoms with Crippen molar-refractivity contribution in [2.45, 2.75) is 6.92 Å². The third-order valence-electron chi connectivity index (χ3n) is 2.05. The second kappa shape index (κ2) is 3.13. The lowest BCUT2D eigenvalue weighted by Crippen LogP contribution is -2.02. The van der Waals surface area contributed by atoms with Gasteiger partial charge in [0.25, 0.3) is 0 Å². The van der Waals surface area contributed by atoms with Gasteiger partial charge in [0.15, 0.2) is 11.3 Å². The van der Waals surface area contributed by atoms with E-state index >= 15 is 0 Å². The predicted molar refractivity (Wildman–Crippen MR) is 56.3 cm³/mol. The molecule has 0 amide bonds. The predicted octanol–water partition coefficient (Wildman–Crippen LogP) is 1.58. The maximum absolute atomic E-state index is 10.8. The number of nitrogens with zero attached hydrogens (tertiary/aromatic N) is 2. The van der Waals surface area contributed by atoms with Crippen molar-refractivity contribution in [2.24, 2.45) is 0 Å². The number of carbonyl (C=O) groups is 1. The molecule has 2 heterocycles. The minimum Gasteiger partial charge on any atom is -0.476 e. The molecule has 0 spiro atoms.